The molecule has 0 radical (unpaired) electrons. The molecule has 0 saturated heterocycles. The Kier molecular flexibility index (Phi) is 5.47. The van der Waals surface area contributed by atoms with E-state index in [1.54, 1.807) is 6.07 Å². The first kappa shape index (κ1) is 16.1. The lowest BCUT2D eigenvalue weighted by atomic mass is 9.98. The van der Waals surface area contributed by atoms with Gasteiger partial charge in [-0.2, -0.15) is 4.98 Å². The van der Waals surface area contributed by atoms with Crippen molar-refractivity contribution < 1.29 is 8.91 Å². The van der Waals surface area contributed by atoms with Gasteiger partial charge in [0.2, 0.25) is 11.7 Å². The third-order valence-corrected chi connectivity index (χ3v) is 3.91. The molecule has 2 unspecified atom stereocenters. The minimum atomic E-state index is -0.334. The quantitative estimate of drug-likeness (QED) is 0.846. The molecule has 0 bridgehead atoms. The molecule has 0 spiro atoms. The van der Waals surface area contributed by atoms with Gasteiger partial charge in [-0.15, -0.1) is 0 Å². The number of likely N-dealkylation sites (N-methyl/N-ethyl adjacent to an activating group) is 1. The second-order valence-electron chi connectivity index (χ2n) is 4.98. The first-order chi connectivity index (χ1) is 10.0. The van der Waals surface area contributed by atoms with Gasteiger partial charge in [0, 0.05) is 16.1 Å². The normalized spacial score (nSPS) is 14.1. The molecule has 2 aromatic rings. The maximum atomic E-state index is 13.4. The van der Waals surface area contributed by atoms with Crippen molar-refractivity contribution in [3.8, 4) is 11.4 Å². The highest BCUT2D eigenvalue weighted by Crippen LogP contribution is 2.26. The van der Waals surface area contributed by atoms with Crippen molar-refractivity contribution in [1.82, 2.24) is 15.5 Å². The number of hydrogen-bond donors (Lipinski definition) is 1. The zero-order valence-corrected chi connectivity index (χ0v) is 13.9. The number of nitrogens with zero attached hydrogens (tertiary/aromatic N) is 2. The van der Waals surface area contributed by atoms with Gasteiger partial charge in [0.05, 0.1) is 5.92 Å². The fraction of sp³-hybridized carbons (Fsp3) is 0.467. The number of benzene rings is 1. The Morgan fingerprint density at radius 1 is 1.33 bits per heavy atom. The summed E-state index contributed by atoms with van der Waals surface area (Å²) in [7, 11) is 0. The third kappa shape index (κ3) is 3.89. The number of nitrogens with one attached hydrogen (secondary N) is 1. The molecule has 2 atom stereocenters. The summed E-state index contributed by atoms with van der Waals surface area (Å²) < 4.78 is 19.5. The second kappa shape index (κ2) is 7.13. The monoisotopic (exact) mass is 355 g/mol. The number of hydrogen-bond acceptors (Lipinski definition) is 4. The van der Waals surface area contributed by atoms with E-state index in [4.69, 9.17) is 4.52 Å². The van der Waals surface area contributed by atoms with Crippen LogP contribution in [0.1, 0.15) is 39.0 Å². The Hall–Kier alpha value is -1.27. The van der Waals surface area contributed by atoms with Crippen molar-refractivity contribution in [2.75, 3.05) is 6.54 Å². The third-order valence-electron chi connectivity index (χ3n) is 3.45. The van der Waals surface area contributed by atoms with Crippen LogP contribution in [0.4, 0.5) is 4.39 Å². The molecular formula is C15H19BrFN3O. The van der Waals surface area contributed by atoms with Crippen LogP contribution in [0.15, 0.2) is 27.2 Å². The standard InChI is InChI=1S/C15H19BrFN3O/c1-4-13(9(3)18-5-2)15-19-14(20-21-15)10-6-11(16)8-12(17)7-10/h6-9,13,18H,4-5H2,1-3H3. The molecule has 0 aliphatic heterocycles. The van der Waals surface area contributed by atoms with Gasteiger partial charge in [-0.3, -0.25) is 0 Å². The first-order valence-electron chi connectivity index (χ1n) is 7.08. The predicted octanol–water partition coefficient (Wildman–Crippen LogP) is 4.13. The molecule has 1 aromatic carbocycles. The van der Waals surface area contributed by atoms with Gasteiger partial charge in [-0.05, 0) is 38.1 Å². The molecule has 21 heavy (non-hydrogen) atoms. The van der Waals surface area contributed by atoms with Crippen molar-refractivity contribution in [2.45, 2.75) is 39.2 Å². The highest BCUT2D eigenvalue weighted by Gasteiger charge is 2.23. The van der Waals surface area contributed by atoms with Crippen LogP contribution >= 0.6 is 15.9 Å². The molecule has 6 heteroatoms. The Bertz CT molecular complexity index is 582. The summed E-state index contributed by atoms with van der Waals surface area (Å²) in [6, 6.07) is 4.81. The zero-order chi connectivity index (χ0) is 15.4. The number of halogens is 2. The molecule has 2 rings (SSSR count). The van der Waals surface area contributed by atoms with E-state index in [0.29, 0.717) is 21.8 Å². The van der Waals surface area contributed by atoms with Gasteiger partial charge in [0.1, 0.15) is 5.82 Å². The van der Waals surface area contributed by atoms with Gasteiger partial charge in [-0.1, -0.05) is 34.9 Å². The van der Waals surface area contributed by atoms with Crippen LogP contribution in [0.2, 0.25) is 0 Å². The lowest BCUT2D eigenvalue weighted by Crippen LogP contribution is -2.31. The molecule has 0 saturated carbocycles. The van der Waals surface area contributed by atoms with Crippen molar-refractivity contribution >= 4 is 15.9 Å². The van der Waals surface area contributed by atoms with Crippen molar-refractivity contribution in [3.63, 3.8) is 0 Å². The van der Waals surface area contributed by atoms with Gasteiger partial charge in [0.15, 0.2) is 0 Å². The van der Waals surface area contributed by atoms with Crippen LogP contribution in [0.3, 0.4) is 0 Å². The fourth-order valence-electron chi connectivity index (χ4n) is 2.39. The average Bonchev–Trinajstić information content (AvgIpc) is 2.88. The topological polar surface area (TPSA) is 51.0 Å². The summed E-state index contributed by atoms with van der Waals surface area (Å²) >= 11 is 3.27. The second-order valence-corrected chi connectivity index (χ2v) is 5.89. The van der Waals surface area contributed by atoms with E-state index in [2.05, 4.69) is 52.2 Å². The molecule has 0 aliphatic carbocycles. The van der Waals surface area contributed by atoms with Crippen molar-refractivity contribution in [1.29, 1.82) is 0 Å². The van der Waals surface area contributed by atoms with E-state index < -0.39 is 0 Å². The van der Waals surface area contributed by atoms with E-state index in [1.807, 2.05) is 0 Å². The van der Waals surface area contributed by atoms with Crippen LogP contribution < -0.4 is 5.32 Å². The minimum Gasteiger partial charge on any atom is -0.339 e. The molecule has 0 fully saturated rings. The van der Waals surface area contributed by atoms with Crippen LogP contribution in [-0.2, 0) is 0 Å². The Labute approximate surface area is 132 Å². The summed E-state index contributed by atoms with van der Waals surface area (Å²) in [6.07, 6.45) is 0.892. The van der Waals surface area contributed by atoms with Crippen LogP contribution in [0, 0.1) is 5.82 Å². The maximum Gasteiger partial charge on any atom is 0.231 e. The Morgan fingerprint density at radius 2 is 2.10 bits per heavy atom. The van der Waals surface area contributed by atoms with E-state index >= 15 is 0 Å². The maximum absolute atomic E-state index is 13.4. The van der Waals surface area contributed by atoms with Crippen molar-refractivity contribution in [3.05, 3.63) is 34.4 Å². The molecule has 0 amide bonds. The van der Waals surface area contributed by atoms with Crippen LogP contribution in [-0.4, -0.2) is 22.7 Å². The molecule has 4 nitrogen and oxygen atoms in total. The lowest BCUT2D eigenvalue weighted by Gasteiger charge is -2.19. The summed E-state index contributed by atoms with van der Waals surface area (Å²) in [5.41, 5.74) is 0.600. The zero-order valence-electron chi connectivity index (χ0n) is 12.4. The molecule has 114 valence electrons. The number of aromatic nitrogens is 2. The first-order valence-corrected chi connectivity index (χ1v) is 7.87. The minimum absolute atomic E-state index is 0.142. The van der Waals surface area contributed by atoms with E-state index in [1.165, 1.54) is 12.1 Å². The van der Waals surface area contributed by atoms with Gasteiger partial charge < -0.3 is 9.84 Å². The average molecular weight is 356 g/mol. The van der Waals surface area contributed by atoms with Crippen LogP contribution in [0.25, 0.3) is 11.4 Å². The number of rotatable bonds is 6. The smallest absolute Gasteiger partial charge is 0.231 e. The van der Waals surface area contributed by atoms with Gasteiger partial charge >= 0.3 is 0 Å². The highest BCUT2D eigenvalue weighted by molar-refractivity contribution is 9.10. The summed E-state index contributed by atoms with van der Waals surface area (Å²) in [5.74, 6) is 0.802. The van der Waals surface area contributed by atoms with Gasteiger partial charge in [0.25, 0.3) is 0 Å². The molecule has 1 heterocycles. The lowest BCUT2D eigenvalue weighted by molar-refractivity contribution is 0.318. The van der Waals surface area contributed by atoms with Crippen LogP contribution in [0.5, 0.6) is 0 Å². The van der Waals surface area contributed by atoms with E-state index in [9.17, 15) is 4.39 Å². The summed E-state index contributed by atoms with van der Waals surface area (Å²) in [5, 5.41) is 7.35. The van der Waals surface area contributed by atoms with E-state index in [0.717, 1.165) is 13.0 Å². The predicted molar refractivity (Wildman–Crippen MR) is 83.6 cm³/mol. The van der Waals surface area contributed by atoms with E-state index in [-0.39, 0.29) is 17.8 Å². The molecule has 1 aromatic heterocycles. The highest BCUT2D eigenvalue weighted by atomic mass is 79.9. The van der Waals surface area contributed by atoms with Gasteiger partial charge in [-0.25, -0.2) is 4.39 Å². The molecule has 1 N–H and O–H groups in total. The summed E-state index contributed by atoms with van der Waals surface area (Å²) in [4.78, 5) is 4.43. The molecule has 0 aliphatic rings. The largest absolute Gasteiger partial charge is 0.339 e. The fourth-order valence-corrected chi connectivity index (χ4v) is 2.86. The van der Waals surface area contributed by atoms with Crippen molar-refractivity contribution in [2.24, 2.45) is 0 Å². The summed E-state index contributed by atoms with van der Waals surface area (Å²) in [6.45, 7) is 7.13. The SMILES string of the molecule is CCNC(C)C(CC)c1nc(-c2cc(F)cc(Br)c2)no1. The molecular weight excluding hydrogens is 337 g/mol. The Morgan fingerprint density at radius 3 is 2.71 bits per heavy atom. The Balaban J connectivity index is 2.27.